The van der Waals surface area contributed by atoms with E-state index in [0.717, 1.165) is 11.1 Å². The second-order valence-corrected chi connectivity index (χ2v) is 5.12. The van der Waals surface area contributed by atoms with Crippen molar-refractivity contribution in [3.63, 3.8) is 0 Å². The third kappa shape index (κ3) is 3.48. The maximum atomic E-state index is 11.9. The van der Waals surface area contributed by atoms with Crippen molar-refractivity contribution in [2.75, 3.05) is 0 Å². The van der Waals surface area contributed by atoms with Crippen LogP contribution in [0.1, 0.15) is 34.6 Å². The lowest BCUT2D eigenvalue weighted by Gasteiger charge is -2.10. The molecule has 2 amide bonds. The zero-order chi connectivity index (χ0) is 15.4. The third-order valence-electron chi connectivity index (χ3n) is 3.07. The van der Waals surface area contributed by atoms with Crippen LogP contribution in [0.5, 0.6) is 0 Å². The van der Waals surface area contributed by atoms with Crippen molar-refractivity contribution >= 4 is 11.8 Å². The number of hydrogen-bond acceptors (Lipinski definition) is 2. The first-order valence-corrected chi connectivity index (χ1v) is 6.79. The second kappa shape index (κ2) is 6.22. The van der Waals surface area contributed by atoms with Crippen LogP contribution in [0.2, 0.25) is 0 Å². The summed E-state index contributed by atoms with van der Waals surface area (Å²) in [5.41, 5.74) is 8.06. The van der Waals surface area contributed by atoms with Crippen LogP contribution in [0.4, 0.5) is 0 Å². The molecule has 0 heterocycles. The number of nitrogens with one attached hydrogen (secondary N) is 1. The monoisotopic (exact) mass is 282 g/mol. The molecule has 0 fully saturated rings. The van der Waals surface area contributed by atoms with Gasteiger partial charge in [0.25, 0.3) is 5.91 Å². The van der Waals surface area contributed by atoms with Gasteiger partial charge in [0.05, 0.1) is 0 Å². The van der Waals surface area contributed by atoms with Crippen molar-refractivity contribution in [3.8, 4) is 11.1 Å². The van der Waals surface area contributed by atoms with Crippen LogP contribution >= 0.6 is 0 Å². The number of primary amides is 1. The van der Waals surface area contributed by atoms with Gasteiger partial charge in [-0.2, -0.15) is 0 Å². The Labute approximate surface area is 124 Å². The van der Waals surface area contributed by atoms with Crippen LogP contribution in [0, 0.1) is 0 Å². The van der Waals surface area contributed by atoms with Gasteiger partial charge in [-0.1, -0.05) is 30.3 Å². The van der Waals surface area contributed by atoms with E-state index in [2.05, 4.69) is 5.32 Å². The first kappa shape index (κ1) is 14.8. The highest BCUT2D eigenvalue weighted by atomic mass is 16.2. The minimum Gasteiger partial charge on any atom is -0.366 e. The number of carbonyl (C=O) groups is 2. The SMILES string of the molecule is CC(C)NC(=O)c1ccc(-c2ccccc2C(N)=O)cc1. The summed E-state index contributed by atoms with van der Waals surface area (Å²) in [6, 6.07) is 14.4. The summed E-state index contributed by atoms with van der Waals surface area (Å²) in [4.78, 5) is 23.3. The average Bonchev–Trinajstić information content (AvgIpc) is 2.46. The van der Waals surface area contributed by atoms with Crippen LogP contribution < -0.4 is 11.1 Å². The molecular formula is C17H18N2O2. The number of hydrogen-bond donors (Lipinski definition) is 2. The Balaban J connectivity index is 2.32. The zero-order valence-electron chi connectivity index (χ0n) is 12.1. The molecule has 0 unspecified atom stereocenters. The van der Waals surface area contributed by atoms with Crippen LogP contribution in [0.15, 0.2) is 48.5 Å². The number of nitrogens with two attached hydrogens (primary N) is 1. The fourth-order valence-electron chi connectivity index (χ4n) is 2.10. The van der Waals surface area contributed by atoms with Gasteiger partial charge in [-0.05, 0) is 43.2 Å². The van der Waals surface area contributed by atoms with Crippen LogP contribution in [0.25, 0.3) is 11.1 Å². The van der Waals surface area contributed by atoms with Crippen molar-refractivity contribution in [1.29, 1.82) is 0 Å². The van der Waals surface area contributed by atoms with Crippen molar-refractivity contribution < 1.29 is 9.59 Å². The van der Waals surface area contributed by atoms with E-state index in [4.69, 9.17) is 5.73 Å². The minimum absolute atomic E-state index is 0.0905. The van der Waals surface area contributed by atoms with E-state index in [1.807, 2.05) is 38.1 Å². The van der Waals surface area contributed by atoms with Gasteiger partial charge in [0.15, 0.2) is 0 Å². The van der Waals surface area contributed by atoms with Gasteiger partial charge >= 0.3 is 0 Å². The summed E-state index contributed by atoms with van der Waals surface area (Å²) in [5.74, 6) is -0.577. The fraction of sp³-hybridized carbons (Fsp3) is 0.176. The standard InChI is InChI=1S/C17H18N2O2/c1-11(2)19-17(21)13-9-7-12(8-10-13)14-5-3-4-6-15(14)16(18)20/h3-11H,1-2H3,(H2,18,20)(H,19,21). The number of amides is 2. The molecule has 0 aliphatic carbocycles. The van der Waals surface area contributed by atoms with Gasteiger partial charge in [0, 0.05) is 17.2 Å². The molecule has 0 saturated carbocycles. The van der Waals surface area contributed by atoms with E-state index in [-0.39, 0.29) is 11.9 Å². The molecule has 0 aliphatic heterocycles. The maximum Gasteiger partial charge on any atom is 0.251 e. The van der Waals surface area contributed by atoms with E-state index < -0.39 is 5.91 Å². The summed E-state index contributed by atoms with van der Waals surface area (Å²) in [7, 11) is 0. The zero-order valence-corrected chi connectivity index (χ0v) is 12.1. The molecule has 2 aromatic rings. The molecule has 3 N–H and O–H groups in total. The first-order valence-electron chi connectivity index (χ1n) is 6.79. The topological polar surface area (TPSA) is 72.2 Å². The number of benzene rings is 2. The largest absolute Gasteiger partial charge is 0.366 e. The predicted octanol–water partition coefficient (Wildman–Crippen LogP) is 2.59. The van der Waals surface area contributed by atoms with Crippen LogP contribution in [0.3, 0.4) is 0 Å². The molecule has 21 heavy (non-hydrogen) atoms. The van der Waals surface area contributed by atoms with Crippen molar-refractivity contribution in [2.45, 2.75) is 19.9 Å². The Morgan fingerprint density at radius 3 is 2.19 bits per heavy atom. The molecule has 0 radical (unpaired) electrons. The molecule has 0 aliphatic rings. The summed E-state index contributed by atoms with van der Waals surface area (Å²) in [5, 5.41) is 2.83. The Hall–Kier alpha value is -2.62. The highest BCUT2D eigenvalue weighted by Gasteiger charge is 2.11. The smallest absolute Gasteiger partial charge is 0.251 e. The molecule has 4 nitrogen and oxygen atoms in total. The highest BCUT2D eigenvalue weighted by molar-refractivity contribution is 6.00. The Bertz CT molecular complexity index is 661. The summed E-state index contributed by atoms with van der Waals surface area (Å²) >= 11 is 0. The molecule has 2 rings (SSSR count). The van der Waals surface area contributed by atoms with Crippen molar-refractivity contribution in [2.24, 2.45) is 5.73 Å². The van der Waals surface area contributed by atoms with E-state index in [1.165, 1.54) is 0 Å². The molecular weight excluding hydrogens is 264 g/mol. The van der Waals surface area contributed by atoms with E-state index in [0.29, 0.717) is 11.1 Å². The van der Waals surface area contributed by atoms with E-state index >= 15 is 0 Å². The average molecular weight is 282 g/mol. The van der Waals surface area contributed by atoms with E-state index in [9.17, 15) is 9.59 Å². The molecule has 0 spiro atoms. The van der Waals surface area contributed by atoms with Crippen molar-refractivity contribution in [3.05, 3.63) is 59.7 Å². The molecule has 0 saturated heterocycles. The molecule has 4 heteroatoms. The fourth-order valence-corrected chi connectivity index (χ4v) is 2.10. The molecule has 108 valence electrons. The van der Waals surface area contributed by atoms with Gasteiger partial charge in [0.1, 0.15) is 0 Å². The van der Waals surface area contributed by atoms with Crippen molar-refractivity contribution in [1.82, 2.24) is 5.32 Å². The third-order valence-corrected chi connectivity index (χ3v) is 3.07. The summed E-state index contributed by atoms with van der Waals surface area (Å²) in [6.45, 7) is 3.82. The quantitative estimate of drug-likeness (QED) is 0.904. The minimum atomic E-state index is -0.466. The van der Waals surface area contributed by atoms with Gasteiger partial charge in [-0.25, -0.2) is 0 Å². The lowest BCUT2D eigenvalue weighted by atomic mass is 9.98. The van der Waals surface area contributed by atoms with Gasteiger partial charge in [-0.15, -0.1) is 0 Å². The summed E-state index contributed by atoms with van der Waals surface area (Å²) < 4.78 is 0. The Morgan fingerprint density at radius 2 is 1.62 bits per heavy atom. The normalized spacial score (nSPS) is 10.4. The molecule has 2 aromatic carbocycles. The molecule has 0 aromatic heterocycles. The van der Waals surface area contributed by atoms with E-state index in [1.54, 1.807) is 24.3 Å². The Morgan fingerprint density at radius 1 is 1.00 bits per heavy atom. The van der Waals surface area contributed by atoms with Gasteiger partial charge in [-0.3, -0.25) is 9.59 Å². The predicted molar refractivity (Wildman–Crippen MR) is 83.0 cm³/mol. The number of rotatable bonds is 4. The van der Waals surface area contributed by atoms with Gasteiger partial charge < -0.3 is 11.1 Å². The molecule has 0 atom stereocenters. The Kier molecular flexibility index (Phi) is 4.38. The highest BCUT2D eigenvalue weighted by Crippen LogP contribution is 2.23. The first-order chi connectivity index (χ1) is 9.99. The van der Waals surface area contributed by atoms with Crippen LogP contribution in [-0.2, 0) is 0 Å². The van der Waals surface area contributed by atoms with Gasteiger partial charge in [0.2, 0.25) is 5.91 Å². The second-order valence-electron chi connectivity index (χ2n) is 5.12. The van der Waals surface area contributed by atoms with Crippen LogP contribution in [-0.4, -0.2) is 17.9 Å². The number of carbonyl (C=O) groups excluding carboxylic acids is 2. The maximum absolute atomic E-state index is 11.9. The molecule has 0 bridgehead atoms. The lowest BCUT2D eigenvalue weighted by Crippen LogP contribution is -2.29. The summed E-state index contributed by atoms with van der Waals surface area (Å²) in [6.07, 6.45) is 0. The lowest BCUT2D eigenvalue weighted by molar-refractivity contribution is 0.0942.